The van der Waals surface area contributed by atoms with Crippen LogP contribution in [0.15, 0.2) is 0 Å². The highest BCUT2D eigenvalue weighted by Crippen LogP contribution is 2.23. The Morgan fingerprint density at radius 3 is 2.00 bits per heavy atom. The van der Waals surface area contributed by atoms with Gasteiger partial charge < -0.3 is 5.11 Å². The zero-order valence-electron chi connectivity index (χ0n) is 5.43. The summed E-state index contributed by atoms with van der Waals surface area (Å²) >= 11 is 0. The zero-order chi connectivity index (χ0) is 9.12. The van der Waals surface area contributed by atoms with Crippen molar-refractivity contribution in [1.29, 1.82) is 0 Å². The number of hydrogen-bond donors (Lipinski definition) is 1. The fourth-order valence-electron chi connectivity index (χ4n) is 0.370. The van der Waals surface area contributed by atoms with Gasteiger partial charge in [0.2, 0.25) is 9.84 Å². The van der Waals surface area contributed by atoms with Gasteiger partial charge in [0.25, 0.3) is 0 Å². The van der Waals surface area contributed by atoms with Gasteiger partial charge in [-0.3, -0.25) is 0 Å². The van der Waals surface area contributed by atoms with Crippen molar-refractivity contribution in [3.05, 3.63) is 0 Å². The highest BCUT2D eigenvalue weighted by Gasteiger charge is 2.44. The van der Waals surface area contributed by atoms with E-state index in [0.717, 1.165) is 0 Å². The van der Waals surface area contributed by atoms with Gasteiger partial charge in [0.05, 0.1) is 5.75 Å². The SMILES string of the molecule is O=S(=O)(CCCO)C(F)(F)F. The number of halogens is 3. The number of aliphatic hydroxyl groups excluding tert-OH is 1. The largest absolute Gasteiger partial charge is 0.497 e. The third-order valence-electron chi connectivity index (χ3n) is 0.924. The Labute approximate surface area is 61.8 Å². The molecular weight excluding hydrogens is 185 g/mol. The van der Waals surface area contributed by atoms with Gasteiger partial charge >= 0.3 is 5.51 Å². The predicted octanol–water partition coefficient (Wildman–Crippen LogP) is 0.303. The van der Waals surface area contributed by atoms with Gasteiger partial charge in [0.15, 0.2) is 0 Å². The Bertz CT molecular complexity index is 205. The molecule has 0 aliphatic carbocycles. The molecule has 0 aromatic heterocycles. The van der Waals surface area contributed by atoms with Crippen molar-refractivity contribution in [3.63, 3.8) is 0 Å². The van der Waals surface area contributed by atoms with Crippen LogP contribution in [0.3, 0.4) is 0 Å². The molecule has 68 valence electrons. The van der Waals surface area contributed by atoms with E-state index in [9.17, 15) is 21.6 Å². The van der Waals surface area contributed by atoms with Crippen molar-refractivity contribution in [1.82, 2.24) is 0 Å². The average Bonchev–Trinajstić information content (AvgIpc) is 1.81. The van der Waals surface area contributed by atoms with E-state index < -0.39 is 27.7 Å². The first-order chi connectivity index (χ1) is 4.81. The summed E-state index contributed by atoms with van der Waals surface area (Å²) in [6.07, 6.45) is -0.387. The van der Waals surface area contributed by atoms with Crippen LogP contribution in [0.25, 0.3) is 0 Å². The Hall–Kier alpha value is -0.300. The molecule has 1 N–H and O–H groups in total. The van der Waals surface area contributed by atoms with E-state index in [1.165, 1.54) is 0 Å². The number of sulfone groups is 1. The molecule has 0 atom stereocenters. The van der Waals surface area contributed by atoms with Crippen LogP contribution in [0.1, 0.15) is 6.42 Å². The molecule has 0 aliphatic rings. The smallest absolute Gasteiger partial charge is 0.396 e. The maximum atomic E-state index is 11.5. The lowest BCUT2D eigenvalue weighted by Crippen LogP contribution is -2.26. The minimum absolute atomic E-state index is 0.387. The molecule has 0 saturated carbocycles. The minimum atomic E-state index is -5.19. The summed E-state index contributed by atoms with van der Waals surface area (Å²) in [7, 11) is -5.02. The van der Waals surface area contributed by atoms with Gasteiger partial charge in [-0.25, -0.2) is 8.42 Å². The minimum Gasteiger partial charge on any atom is -0.396 e. The van der Waals surface area contributed by atoms with Crippen LogP contribution in [0.5, 0.6) is 0 Å². The molecule has 7 heteroatoms. The Morgan fingerprint density at radius 2 is 1.73 bits per heavy atom. The second-order valence-corrected chi connectivity index (χ2v) is 3.94. The van der Waals surface area contributed by atoms with Crippen LogP contribution in [0.2, 0.25) is 0 Å². The van der Waals surface area contributed by atoms with Crippen LogP contribution in [0.4, 0.5) is 13.2 Å². The maximum Gasteiger partial charge on any atom is 0.497 e. The average molecular weight is 192 g/mol. The highest BCUT2D eigenvalue weighted by molar-refractivity contribution is 7.92. The first-order valence-corrected chi connectivity index (χ1v) is 4.36. The van der Waals surface area contributed by atoms with Crippen molar-refractivity contribution in [2.24, 2.45) is 0 Å². The van der Waals surface area contributed by atoms with Crippen LogP contribution in [0, 0.1) is 0 Å². The van der Waals surface area contributed by atoms with Gasteiger partial charge in [0, 0.05) is 6.61 Å². The predicted molar refractivity (Wildman–Crippen MR) is 31.5 cm³/mol. The van der Waals surface area contributed by atoms with Crippen molar-refractivity contribution in [2.75, 3.05) is 12.4 Å². The molecule has 0 bridgehead atoms. The number of rotatable bonds is 3. The van der Waals surface area contributed by atoms with Gasteiger partial charge in [-0.05, 0) is 6.42 Å². The van der Waals surface area contributed by atoms with Crippen molar-refractivity contribution in [2.45, 2.75) is 11.9 Å². The summed E-state index contributed by atoms with van der Waals surface area (Å²) in [6.45, 7) is -0.560. The summed E-state index contributed by atoms with van der Waals surface area (Å²) in [6, 6.07) is 0. The second-order valence-electron chi connectivity index (χ2n) is 1.84. The molecule has 0 aromatic rings. The summed E-state index contributed by atoms with van der Waals surface area (Å²) in [4.78, 5) is 0. The van der Waals surface area contributed by atoms with E-state index in [1.54, 1.807) is 0 Å². The molecule has 11 heavy (non-hydrogen) atoms. The molecule has 3 nitrogen and oxygen atoms in total. The van der Waals surface area contributed by atoms with E-state index in [2.05, 4.69) is 0 Å². The summed E-state index contributed by atoms with van der Waals surface area (Å²) in [5, 5.41) is 8.06. The van der Waals surface area contributed by atoms with Gasteiger partial charge in [-0.15, -0.1) is 0 Å². The molecule has 0 spiro atoms. The fourth-order valence-corrected chi connectivity index (χ4v) is 1.11. The van der Waals surface area contributed by atoms with Crippen LogP contribution >= 0.6 is 0 Å². The molecule has 0 unspecified atom stereocenters. The van der Waals surface area contributed by atoms with Crippen molar-refractivity contribution in [3.8, 4) is 0 Å². The third kappa shape index (κ3) is 3.06. The van der Waals surface area contributed by atoms with E-state index in [4.69, 9.17) is 5.11 Å². The van der Waals surface area contributed by atoms with Crippen molar-refractivity contribution < 1.29 is 26.7 Å². The lowest BCUT2D eigenvalue weighted by atomic mass is 10.5. The summed E-state index contributed by atoms with van der Waals surface area (Å²) in [5.41, 5.74) is -5.19. The summed E-state index contributed by atoms with van der Waals surface area (Å²) in [5.74, 6) is -1.05. The molecule has 0 aromatic carbocycles. The van der Waals surface area contributed by atoms with Crippen molar-refractivity contribution >= 4 is 9.84 Å². The lowest BCUT2D eigenvalue weighted by molar-refractivity contribution is -0.0436. The number of hydrogen-bond acceptors (Lipinski definition) is 3. The monoisotopic (exact) mass is 192 g/mol. The van der Waals surface area contributed by atoms with E-state index in [0.29, 0.717) is 0 Å². The Kier molecular flexibility index (Phi) is 3.30. The van der Waals surface area contributed by atoms with Gasteiger partial charge in [0.1, 0.15) is 0 Å². The molecule has 0 heterocycles. The molecule has 0 fully saturated rings. The van der Waals surface area contributed by atoms with Gasteiger partial charge in [-0.1, -0.05) is 0 Å². The second kappa shape index (κ2) is 3.40. The topological polar surface area (TPSA) is 54.4 Å². The third-order valence-corrected chi connectivity index (χ3v) is 2.46. The normalized spacial score (nSPS) is 13.5. The summed E-state index contributed by atoms with van der Waals surface area (Å²) < 4.78 is 54.8. The fraction of sp³-hybridized carbons (Fsp3) is 1.00. The molecule has 0 aliphatic heterocycles. The first kappa shape index (κ1) is 10.7. The molecule has 0 rings (SSSR count). The zero-order valence-corrected chi connectivity index (χ0v) is 6.24. The van der Waals surface area contributed by atoms with E-state index in [1.807, 2.05) is 0 Å². The quantitative estimate of drug-likeness (QED) is 0.699. The number of aliphatic hydroxyl groups is 1. The van der Waals surface area contributed by atoms with Crippen LogP contribution in [-0.2, 0) is 9.84 Å². The maximum absolute atomic E-state index is 11.5. The number of alkyl halides is 3. The molecule has 0 amide bonds. The van der Waals surface area contributed by atoms with Crippen LogP contribution in [-0.4, -0.2) is 31.4 Å². The van der Waals surface area contributed by atoms with E-state index >= 15 is 0 Å². The molecular formula is C4H7F3O3S. The first-order valence-electron chi connectivity index (χ1n) is 2.71. The molecule has 0 radical (unpaired) electrons. The van der Waals surface area contributed by atoms with Crippen LogP contribution < -0.4 is 0 Å². The van der Waals surface area contributed by atoms with E-state index in [-0.39, 0.29) is 6.42 Å². The Balaban J connectivity index is 4.26. The molecule has 0 saturated heterocycles. The lowest BCUT2D eigenvalue weighted by Gasteiger charge is -2.05. The van der Waals surface area contributed by atoms with Gasteiger partial charge in [-0.2, -0.15) is 13.2 Å². The Morgan fingerprint density at radius 1 is 1.27 bits per heavy atom. The highest BCUT2D eigenvalue weighted by atomic mass is 32.2. The standard InChI is InChI=1S/C4H7F3O3S/c5-4(6,7)11(9,10)3-1-2-8/h8H,1-3H2.